The number of carbonyl (C=O) groups excluding carboxylic acids is 1. The molecule has 2 aromatic rings. The standard InChI is InChI=1S/C16H16N2OS2/c1-18(14-6-4-3-5-13(14)15(17)20)16(19)11-7-9-12(21-2)10-8-11/h3-10H,1-2H3,(H2,17,20). The van der Waals surface area contributed by atoms with E-state index in [0.29, 0.717) is 16.8 Å². The number of hydrogen-bond donors (Lipinski definition) is 1. The molecule has 0 bridgehead atoms. The Morgan fingerprint density at radius 1 is 1.14 bits per heavy atom. The summed E-state index contributed by atoms with van der Waals surface area (Å²) in [6.07, 6.45) is 2.00. The lowest BCUT2D eigenvalue weighted by atomic mass is 10.1. The van der Waals surface area contributed by atoms with Gasteiger partial charge in [0.2, 0.25) is 0 Å². The molecule has 0 saturated heterocycles. The van der Waals surface area contributed by atoms with Gasteiger partial charge in [-0.3, -0.25) is 4.79 Å². The fourth-order valence-corrected chi connectivity index (χ4v) is 2.59. The van der Waals surface area contributed by atoms with Crippen molar-refractivity contribution in [1.82, 2.24) is 0 Å². The molecule has 108 valence electrons. The minimum absolute atomic E-state index is 0.0913. The molecule has 3 nitrogen and oxygen atoms in total. The summed E-state index contributed by atoms with van der Waals surface area (Å²) < 4.78 is 0. The Morgan fingerprint density at radius 3 is 2.33 bits per heavy atom. The smallest absolute Gasteiger partial charge is 0.258 e. The molecule has 2 aromatic carbocycles. The molecule has 0 spiro atoms. The third-order valence-corrected chi connectivity index (χ3v) is 4.14. The summed E-state index contributed by atoms with van der Waals surface area (Å²) in [7, 11) is 1.72. The van der Waals surface area contributed by atoms with E-state index in [4.69, 9.17) is 18.0 Å². The molecule has 21 heavy (non-hydrogen) atoms. The highest BCUT2D eigenvalue weighted by molar-refractivity contribution is 7.98. The number of amides is 1. The van der Waals surface area contributed by atoms with Gasteiger partial charge in [0.15, 0.2) is 0 Å². The van der Waals surface area contributed by atoms with Crippen LogP contribution in [0.3, 0.4) is 0 Å². The van der Waals surface area contributed by atoms with Crippen molar-refractivity contribution in [3.8, 4) is 0 Å². The number of benzene rings is 2. The van der Waals surface area contributed by atoms with Crippen molar-refractivity contribution >= 4 is 40.6 Å². The van der Waals surface area contributed by atoms with Gasteiger partial charge in [-0.15, -0.1) is 11.8 Å². The fraction of sp³-hybridized carbons (Fsp3) is 0.125. The number of thioether (sulfide) groups is 1. The van der Waals surface area contributed by atoms with Crippen LogP contribution >= 0.6 is 24.0 Å². The van der Waals surface area contributed by atoms with Crippen LogP contribution < -0.4 is 10.6 Å². The topological polar surface area (TPSA) is 46.3 Å². The lowest BCUT2D eigenvalue weighted by Gasteiger charge is -2.20. The van der Waals surface area contributed by atoms with E-state index in [9.17, 15) is 4.79 Å². The number of rotatable bonds is 4. The van der Waals surface area contributed by atoms with Gasteiger partial charge in [0.1, 0.15) is 4.99 Å². The molecule has 1 amide bonds. The monoisotopic (exact) mass is 316 g/mol. The quantitative estimate of drug-likeness (QED) is 0.694. The molecule has 0 fully saturated rings. The van der Waals surface area contributed by atoms with Crippen molar-refractivity contribution in [2.45, 2.75) is 4.90 Å². The van der Waals surface area contributed by atoms with Gasteiger partial charge in [-0.25, -0.2) is 0 Å². The second kappa shape index (κ2) is 6.74. The van der Waals surface area contributed by atoms with E-state index >= 15 is 0 Å². The van der Waals surface area contributed by atoms with E-state index in [1.54, 1.807) is 23.7 Å². The first-order valence-corrected chi connectivity index (χ1v) is 7.99. The Morgan fingerprint density at radius 2 is 1.76 bits per heavy atom. The number of nitrogens with zero attached hydrogens (tertiary/aromatic N) is 1. The van der Waals surface area contributed by atoms with Crippen LogP contribution in [0.15, 0.2) is 53.4 Å². The van der Waals surface area contributed by atoms with Crippen molar-refractivity contribution in [3.05, 3.63) is 59.7 Å². The molecule has 2 N–H and O–H groups in total. The Labute approximate surface area is 134 Å². The molecule has 0 aromatic heterocycles. The predicted octanol–water partition coefficient (Wildman–Crippen LogP) is 3.32. The lowest BCUT2D eigenvalue weighted by Crippen LogP contribution is -2.28. The van der Waals surface area contributed by atoms with Crippen LogP contribution in [0.2, 0.25) is 0 Å². The van der Waals surface area contributed by atoms with Crippen molar-refractivity contribution in [2.24, 2.45) is 5.73 Å². The van der Waals surface area contributed by atoms with Crippen LogP contribution in [0.5, 0.6) is 0 Å². The number of carbonyl (C=O) groups is 1. The molecule has 0 heterocycles. The number of anilines is 1. The first kappa shape index (κ1) is 15.5. The average molecular weight is 316 g/mol. The third-order valence-electron chi connectivity index (χ3n) is 3.17. The highest BCUT2D eigenvalue weighted by atomic mass is 32.2. The third kappa shape index (κ3) is 3.43. The van der Waals surface area contributed by atoms with Crippen LogP contribution in [-0.4, -0.2) is 24.2 Å². The Hall–Kier alpha value is -1.85. The lowest BCUT2D eigenvalue weighted by molar-refractivity contribution is 0.0993. The minimum Gasteiger partial charge on any atom is -0.389 e. The largest absolute Gasteiger partial charge is 0.389 e. The van der Waals surface area contributed by atoms with Gasteiger partial charge in [-0.1, -0.05) is 24.4 Å². The summed E-state index contributed by atoms with van der Waals surface area (Å²) in [5.41, 5.74) is 7.76. The van der Waals surface area contributed by atoms with E-state index < -0.39 is 0 Å². The van der Waals surface area contributed by atoms with Crippen LogP contribution in [0, 0.1) is 0 Å². The summed E-state index contributed by atoms with van der Waals surface area (Å²) in [5, 5.41) is 0. The molecule has 2 rings (SSSR count). The van der Waals surface area contributed by atoms with E-state index in [2.05, 4.69) is 0 Å². The van der Waals surface area contributed by atoms with Gasteiger partial charge in [0, 0.05) is 23.1 Å². The molecule has 0 unspecified atom stereocenters. The first-order chi connectivity index (χ1) is 10.0. The van der Waals surface area contributed by atoms with Gasteiger partial charge < -0.3 is 10.6 Å². The zero-order valence-corrected chi connectivity index (χ0v) is 13.5. The molecular weight excluding hydrogens is 300 g/mol. The van der Waals surface area contributed by atoms with Gasteiger partial charge in [0.25, 0.3) is 5.91 Å². The normalized spacial score (nSPS) is 10.2. The molecular formula is C16H16N2OS2. The zero-order valence-electron chi connectivity index (χ0n) is 11.9. The van der Waals surface area contributed by atoms with Crippen molar-refractivity contribution < 1.29 is 4.79 Å². The zero-order chi connectivity index (χ0) is 15.4. The summed E-state index contributed by atoms with van der Waals surface area (Å²) in [4.78, 5) is 15.5. The van der Waals surface area contributed by atoms with E-state index in [1.807, 2.05) is 54.8 Å². The summed E-state index contributed by atoms with van der Waals surface area (Å²) in [5.74, 6) is -0.0913. The number of hydrogen-bond acceptors (Lipinski definition) is 3. The SMILES string of the molecule is CSc1ccc(C(=O)N(C)c2ccccc2C(N)=S)cc1. The molecule has 0 aliphatic rings. The summed E-state index contributed by atoms with van der Waals surface area (Å²) >= 11 is 6.68. The van der Waals surface area contributed by atoms with Crippen molar-refractivity contribution in [3.63, 3.8) is 0 Å². The summed E-state index contributed by atoms with van der Waals surface area (Å²) in [6, 6.07) is 14.9. The maximum atomic E-state index is 12.6. The van der Waals surface area contributed by atoms with Gasteiger partial charge in [-0.05, 0) is 42.7 Å². The number of nitrogens with two attached hydrogens (primary N) is 1. The minimum atomic E-state index is -0.0913. The van der Waals surface area contributed by atoms with Gasteiger partial charge >= 0.3 is 0 Å². The molecule has 5 heteroatoms. The van der Waals surface area contributed by atoms with Gasteiger partial charge in [0.05, 0.1) is 5.69 Å². The fourth-order valence-electron chi connectivity index (χ4n) is 2.01. The first-order valence-electron chi connectivity index (χ1n) is 6.35. The summed E-state index contributed by atoms with van der Waals surface area (Å²) in [6.45, 7) is 0. The maximum absolute atomic E-state index is 12.6. The Balaban J connectivity index is 2.32. The number of thiocarbonyl (C=S) groups is 1. The molecule has 0 aliphatic heterocycles. The Kier molecular flexibility index (Phi) is 4.98. The molecule has 0 atom stereocenters. The highest BCUT2D eigenvalue weighted by Crippen LogP contribution is 2.22. The van der Waals surface area contributed by atoms with Crippen molar-refractivity contribution in [2.75, 3.05) is 18.2 Å². The highest BCUT2D eigenvalue weighted by Gasteiger charge is 2.17. The van der Waals surface area contributed by atoms with Gasteiger partial charge in [-0.2, -0.15) is 0 Å². The van der Waals surface area contributed by atoms with E-state index in [1.165, 1.54) is 0 Å². The van der Waals surface area contributed by atoms with Crippen LogP contribution in [-0.2, 0) is 0 Å². The average Bonchev–Trinajstić information content (AvgIpc) is 2.53. The van der Waals surface area contributed by atoms with Crippen LogP contribution in [0.4, 0.5) is 5.69 Å². The van der Waals surface area contributed by atoms with Crippen LogP contribution in [0.25, 0.3) is 0 Å². The molecule has 0 saturated carbocycles. The van der Waals surface area contributed by atoms with Crippen molar-refractivity contribution in [1.29, 1.82) is 0 Å². The second-order valence-electron chi connectivity index (χ2n) is 4.47. The predicted molar refractivity (Wildman–Crippen MR) is 93.3 cm³/mol. The maximum Gasteiger partial charge on any atom is 0.258 e. The second-order valence-corrected chi connectivity index (χ2v) is 5.79. The number of para-hydroxylation sites is 1. The van der Waals surface area contributed by atoms with E-state index in [0.717, 1.165) is 4.90 Å². The molecule has 0 radical (unpaired) electrons. The van der Waals surface area contributed by atoms with E-state index in [-0.39, 0.29) is 10.9 Å². The molecule has 0 aliphatic carbocycles. The van der Waals surface area contributed by atoms with Crippen LogP contribution in [0.1, 0.15) is 15.9 Å². The Bertz CT molecular complexity index is 668.